The summed E-state index contributed by atoms with van der Waals surface area (Å²) in [4.78, 5) is 25.3. The first-order valence-electron chi connectivity index (χ1n) is 8.90. The van der Waals surface area contributed by atoms with Gasteiger partial charge in [-0.05, 0) is 84.0 Å². The number of hydrogen-bond donors (Lipinski definition) is 3. The molecule has 6 nitrogen and oxygen atoms in total. The Kier molecular flexibility index (Phi) is 7.31. The van der Waals surface area contributed by atoms with Crippen LogP contribution >= 0.6 is 55.4 Å². The topological polar surface area (TPSA) is 93.4 Å². The summed E-state index contributed by atoms with van der Waals surface area (Å²) in [6, 6.07) is 3.74. The largest absolute Gasteiger partial charge is 0.482 e. The smallest absolute Gasteiger partial charge is 0.264 e. The highest BCUT2D eigenvalue weighted by atomic mass is 79.9. The lowest BCUT2D eigenvalue weighted by Gasteiger charge is -2.13. The summed E-state index contributed by atoms with van der Waals surface area (Å²) in [6.45, 7) is 1.69. The number of anilines is 1. The van der Waals surface area contributed by atoms with Gasteiger partial charge in [-0.2, -0.15) is 0 Å². The van der Waals surface area contributed by atoms with Crippen LogP contribution in [0.25, 0.3) is 0 Å². The third kappa shape index (κ3) is 5.36. The third-order valence-corrected chi connectivity index (χ3v) is 6.90. The molecule has 0 saturated heterocycles. The minimum Gasteiger partial charge on any atom is -0.482 e. The molecule has 0 fully saturated rings. The molecule has 0 atom stereocenters. The van der Waals surface area contributed by atoms with Gasteiger partial charge in [-0.3, -0.25) is 14.9 Å². The van der Waals surface area contributed by atoms with Crippen molar-refractivity contribution in [2.24, 2.45) is 5.73 Å². The summed E-state index contributed by atoms with van der Waals surface area (Å²) in [6.07, 6.45) is 3.89. The molecule has 1 heterocycles. The number of nitrogens with one attached hydrogen (secondary N) is 2. The minimum absolute atomic E-state index is 0.103. The van der Waals surface area contributed by atoms with Crippen LogP contribution in [0.5, 0.6) is 5.75 Å². The highest BCUT2D eigenvalue weighted by Crippen LogP contribution is 2.38. The number of carbonyl (C=O) groups excluding carboxylic acids is 2. The van der Waals surface area contributed by atoms with Crippen molar-refractivity contribution in [2.45, 2.75) is 32.6 Å². The SMILES string of the molecule is Cc1cc(Br)cc(Br)c1OCC(=O)NC(=S)Nc1sc2c(c1C(N)=O)CCCC2. The Morgan fingerprint density at radius 1 is 1.28 bits per heavy atom. The van der Waals surface area contributed by atoms with E-state index in [1.807, 2.05) is 19.1 Å². The van der Waals surface area contributed by atoms with Gasteiger partial charge < -0.3 is 15.8 Å². The standard InChI is InChI=1S/C19H19Br2N3O3S2/c1-9-6-10(20)7-12(21)16(9)27-8-14(25)23-19(28)24-18-15(17(22)26)11-4-2-3-5-13(11)29-18/h6-7H,2-5,8H2,1H3,(H2,22,26)(H2,23,24,25,28). The van der Waals surface area contributed by atoms with E-state index >= 15 is 0 Å². The Labute approximate surface area is 194 Å². The van der Waals surface area contributed by atoms with Gasteiger partial charge in [0.25, 0.3) is 11.8 Å². The van der Waals surface area contributed by atoms with Crippen molar-refractivity contribution >= 4 is 77.3 Å². The maximum Gasteiger partial charge on any atom is 0.264 e. The van der Waals surface area contributed by atoms with Gasteiger partial charge in [-0.1, -0.05) is 15.9 Å². The van der Waals surface area contributed by atoms with E-state index in [4.69, 9.17) is 22.7 Å². The van der Waals surface area contributed by atoms with Crippen molar-refractivity contribution in [3.63, 3.8) is 0 Å². The molecule has 0 unspecified atom stereocenters. The van der Waals surface area contributed by atoms with Crippen LogP contribution in [0, 0.1) is 6.92 Å². The molecule has 0 saturated carbocycles. The summed E-state index contributed by atoms with van der Waals surface area (Å²) in [5, 5.41) is 6.22. The lowest BCUT2D eigenvalue weighted by atomic mass is 9.95. The molecular formula is C19H19Br2N3O3S2. The number of benzene rings is 1. The molecule has 3 rings (SSSR count). The van der Waals surface area contributed by atoms with Crippen LogP contribution in [-0.2, 0) is 17.6 Å². The number of aryl methyl sites for hydroxylation is 2. The first-order valence-corrected chi connectivity index (χ1v) is 11.7. The number of nitrogens with two attached hydrogens (primary N) is 1. The Hall–Kier alpha value is -1.49. The molecule has 1 aromatic heterocycles. The number of fused-ring (bicyclic) bond motifs is 1. The van der Waals surface area contributed by atoms with E-state index in [9.17, 15) is 9.59 Å². The lowest BCUT2D eigenvalue weighted by Crippen LogP contribution is -2.37. The maximum atomic E-state index is 12.2. The van der Waals surface area contributed by atoms with Gasteiger partial charge in [0.1, 0.15) is 10.8 Å². The maximum absolute atomic E-state index is 12.2. The summed E-state index contributed by atoms with van der Waals surface area (Å²) < 4.78 is 7.28. The monoisotopic (exact) mass is 559 g/mol. The second kappa shape index (κ2) is 9.55. The second-order valence-corrected chi connectivity index (χ2v) is 9.89. The predicted octanol–water partition coefficient (Wildman–Crippen LogP) is 4.45. The highest BCUT2D eigenvalue weighted by molar-refractivity contribution is 9.11. The van der Waals surface area contributed by atoms with E-state index in [0.29, 0.717) is 16.3 Å². The summed E-state index contributed by atoms with van der Waals surface area (Å²) in [7, 11) is 0. The Bertz CT molecular complexity index is 968. The summed E-state index contributed by atoms with van der Waals surface area (Å²) >= 11 is 13.5. The fourth-order valence-corrected chi connectivity index (χ4v) is 6.35. The van der Waals surface area contributed by atoms with Crippen LogP contribution in [0.15, 0.2) is 21.1 Å². The van der Waals surface area contributed by atoms with Gasteiger partial charge in [-0.15, -0.1) is 11.3 Å². The van der Waals surface area contributed by atoms with Crippen molar-refractivity contribution in [1.82, 2.24) is 5.32 Å². The number of thiocarbonyl (C=S) groups is 1. The number of carbonyl (C=O) groups is 2. The summed E-state index contributed by atoms with van der Waals surface area (Å²) in [5.41, 5.74) is 7.95. The van der Waals surface area contributed by atoms with E-state index in [0.717, 1.165) is 50.6 Å². The average molecular weight is 561 g/mol. The third-order valence-electron chi connectivity index (χ3n) is 4.44. The number of halogens is 2. The zero-order chi connectivity index (χ0) is 21.1. The number of primary amides is 1. The molecule has 2 aromatic rings. The Morgan fingerprint density at radius 3 is 2.69 bits per heavy atom. The number of hydrogen-bond acceptors (Lipinski definition) is 5. The van der Waals surface area contributed by atoms with Crippen molar-refractivity contribution in [3.8, 4) is 5.75 Å². The van der Waals surface area contributed by atoms with E-state index in [1.54, 1.807) is 0 Å². The lowest BCUT2D eigenvalue weighted by molar-refractivity contribution is -0.121. The Balaban J connectivity index is 1.62. The molecule has 1 aliphatic carbocycles. The van der Waals surface area contributed by atoms with Crippen molar-refractivity contribution < 1.29 is 14.3 Å². The molecule has 0 aliphatic heterocycles. The van der Waals surface area contributed by atoms with E-state index in [1.165, 1.54) is 11.3 Å². The normalized spacial score (nSPS) is 12.8. The van der Waals surface area contributed by atoms with Crippen LogP contribution in [0.2, 0.25) is 0 Å². The molecule has 29 heavy (non-hydrogen) atoms. The molecule has 1 aromatic carbocycles. The van der Waals surface area contributed by atoms with E-state index in [2.05, 4.69) is 42.5 Å². The Morgan fingerprint density at radius 2 is 2.00 bits per heavy atom. The number of rotatable bonds is 5. The van der Waals surface area contributed by atoms with Crippen LogP contribution in [0.1, 0.15) is 39.2 Å². The molecule has 0 radical (unpaired) electrons. The fourth-order valence-electron chi connectivity index (χ4n) is 3.22. The molecule has 2 amide bonds. The van der Waals surface area contributed by atoms with Crippen molar-refractivity contribution in [2.75, 3.05) is 11.9 Å². The predicted molar refractivity (Wildman–Crippen MR) is 126 cm³/mol. The van der Waals surface area contributed by atoms with Gasteiger partial charge in [0.2, 0.25) is 0 Å². The zero-order valence-corrected chi connectivity index (χ0v) is 20.4. The van der Waals surface area contributed by atoms with Crippen LogP contribution in [0.3, 0.4) is 0 Å². The number of amides is 2. The fraction of sp³-hybridized carbons (Fsp3) is 0.316. The first kappa shape index (κ1) is 22.2. The molecule has 0 spiro atoms. The molecule has 0 bridgehead atoms. The van der Waals surface area contributed by atoms with Crippen molar-refractivity contribution in [3.05, 3.63) is 42.6 Å². The molecule has 154 valence electrons. The van der Waals surface area contributed by atoms with Gasteiger partial charge in [-0.25, -0.2) is 0 Å². The molecule has 4 N–H and O–H groups in total. The van der Waals surface area contributed by atoms with E-state index < -0.39 is 11.8 Å². The van der Waals surface area contributed by atoms with Gasteiger partial charge in [0.15, 0.2) is 11.7 Å². The minimum atomic E-state index is -0.486. The van der Waals surface area contributed by atoms with E-state index in [-0.39, 0.29) is 11.7 Å². The molecular weight excluding hydrogens is 542 g/mol. The van der Waals surface area contributed by atoms with Crippen molar-refractivity contribution in [1.29, 1.82) is 0 Å². The second-order valence-electron chi connectivity index (χ2n) is 6.60. The highest BCUT2D eigenvalue weighted by Gasteiger charge is 2.24. The number of thiophene rings is 1. The first-order chi connectivity index (χ1) is 13.8. The zero-order valence-electron chi connectivity index (χ0n) is 15.6. The average Bonchev–Trinajstić information content (AvgIpc) is 2.98. The van der Waals surface area contributed by atoms with Gasteiger partial charge in [0, 0.05) is 9.35 Å². The molecule has 1 aliphatic rings. The van der Waals surface area contributed by atoms with Crippen LogP contribution in [0.4, 0.5) is 5.00 Å². The molecule has 10 heteroatoms. The van der Waals surface area contributed by atoms with Gasteiger partial charge in [0.05, 0.1) is 10.0 Å². The van der Waals surface area contributed by atoms with Crippen LogP contribution in [-0.4, -0.2) is 23.5 Å². The quantitative estimate of drug-likeness (QED) is 0.470. The van der Waals surface area contributed by atoms with Crippen LogP contribution < -0.4 is 21.1 Å². The number of ether oxygens (including phenoxy) is 1. The van der Waals surface area contributed by atoms with Gasteiger partial charge >= 0.3 is 0 Å². The summed E-state index contributed by atoms with van der Waals surface area (Å²) in [5.74, 6) is -0.303.